The van der Waals surface area contributed by atoms with Crippen molar-refractivity contribution in [1.29, 1.82) is 5.26 Å². The zero-order chi connectivity index (χ0) is 13.8. The van der Waals surface area contributed by atoms with Gasteiger partial charge in [-0.3, -0.25) is 0 Å². The van der Waals surface area contributed by atoms with E-state index in [1.165, 1.54) is 6.20 Å². The fourth-order valence-electron chi connectivity index (χ4n) is 1.70. The van der Waals surface area contributed by atoms with Crippen molar-refractivity contribution in [2.24, 2.45) is 0 Å². The lowest BCUT2D eigenvalue weighted by Gasteiger charge is -2.16. The molecule has 2 rings (SSSR count). The number of nitrogens with one attached hydrogen (secondary N) is 1. The number of hydrogen-bond donors (Lipinski definition) is 1. The number of anilines is 1. The van der Waals surface area contributed by atoms with Crippen molar-refractivity contribution < 1.29 is 0 Å². The summed E-state index contributed by atoms with van der Waals surface area (Å²) in [6.07, 6.45) is 1.53. The number of nitriles is 1. The number of halogens is 2. The normalized spacial score (nSPS) is 11.7. The summed E-state index contributed by atoms with van der Waals surface area (Å²) in [5, 5.41) is 13.2. The Hall–Kier alpha value is -1.76. The standard InChI is InChI=1S/C14H11Cl2N3/c1-9(12-4-3-11(15)6-13(12)16)19-14-5-2-10(7-17)8-18-14/h2-6,8-9H,1H3,(H,18,19)/t9-/m0/s1. The molecule has 0 aliphatic rings. The minimum Gasteiger partial charge on any atom is -0.363 e. The number of benzene rings is 1. The van der Waals surface area contributed by atoms with Crippen molar-refractivity contribution in [3.05, 3.63) is 57.7 Å². The Balaban J connectivity index is 2.16. The van der Waals surface area contributed by atoms with Gasteiger partial charge in [0.15, 0.2) is 0 Å². The van der Waals surface area contributed by atoms with Crippen molar-refractivity contribution in [2.45, 2.75) is 13.0 Å². The van der Waals surface area contributed by atoms with Crippen LogP contribution in [-0.2, 0) is 0 Å². The molecule has 0 amide bonds. The number of pyridine rings is 1. The minimum absolute atomic E-state index is 0.00907. The predicted octanol–water partition coefficient (Wildman–Crippen LogP) is 4.43. The van der Waals surface area contributed by atoms with Crippen molar-refractivity contribution in [1.82, 2.24) is 4.98 Å². The quantitative estimate of drug-likeness (QED) is 0.910. The molecule has 0 fully saturated rings. The van der Waals surface area contributed by atoms with Crippen LogP contribution in [0, 0.1) is 11.3 Å². The van der Waals surface area contributed by atoms with Crippen LogP contribution in [0.15, 0.2) is 36.5 Å². The zero-order valence-corrected chi connectivity index (χ0v) is 11.7. The van der Waals surface area contributed by atoms with E-state index in [1.807, 2.05) is 19.1 Å². The van der Waals surface area contributed by atoms with Gasteiger partial charge in [-0.05, 0) is 36.8 Å². The lowest BCUT2D eigenvalue weighted by molar-refractivity contribution is 0.875. The molecule has 0 bridgehead atoms. The van der Waals surface area contributed by atoms with Gasteiger partial charge in [0.1, 0.15) is 11.9 Å². The highest BCUT2D eigenvalue weighted by Crippen LogP contribution is 2.27. The second-order valence-electron chi connectivity index (χ2n) is 4.08. The molecule has 0 unspecified atom stereocenters. The van der Waals surface area contributed by atoms with E-state index in [-0.39, 0.29) is 6.04 Å². The molecule has 2 aromatic rings. The van der Waals surface area contributed by atoms with Crippen LogP contribution in [0.1, 0.15) is 24.1 Å². The Bertz CT molecular complexity index is 618. The molecular formula is C14H11Cl2N3. The molecule has 0 saturated heterocycles. The van der Waals surface area contributed by atoms with Gasteiger partial charge in [-0.2, -0.15) is 5.26 Å². The van der Waals surface area contributed by atoms with Crippen LogP contribution in [-0.4, -0.2) is 4.98 Å². The maximum absolute atomic E-state index is 8.71. The molecule has 96 valence electrons. The van der Waals surface area contributed by atoms with Crippen molar-refractivity contribution >= 4 is 29.0 Å². The molecule has 1 aromatic heterocycles. The van der Waals surface area contributed by atoms with Crippen molar-refractivity contribution in [3.63, 3.8) is 0 Å². The molecule has 0 radical (unpaired) electrons. The molecule has 3 nitrogen and oxygen atoms in total. The smallest absolute Gasteiger partial charge is 0.126 e. The number of hydrogen-bond acceptors (Lipinski definition) is 3. The van der Waals surface area contributed by atoms with E-state index in [4.69, 9.17) is 28.5 Å². The molecule has 0 aliphatic carbocycles. The summed E-state index contributed by atoms with van der Waals surface area (Å²) in [6, 6.07) is 10.9. The van der Waals surface area contributed by atoms with Gasteiger partial charge in [-0.25, -0.2) is 4.98 Å². The Kier molecular flexibility index (Phi) is 4.26. The van der Waals surface area contributed by atoms with Gasteiger partial charge in [-0.15, -0.1) is 0 Å². The monoisotopic (exact) mass is 291 g/mol. The van der Waals surface area contributed by atoms with E-state index in [0.717, 1.165) is 5.56 Å². The molecule has 5 heteroatoms. The third kappa shape index (κ3) is 3.37. The average Bonchev–Trinajstić information content (AvgIpc) is 2.39. The molecule has 1 N–H and O–H groups in total. The van der Waals surface area contributed by atoms with Crippen LogP contribution in [0.4, 0.5) is 5.82 Å². The Morgan fingerprint density at radius 1 is 1.26 bits per heavy atom. The molecule has 0 aliphatic heterocycles. The van der Waals surface area contributed by atoms with Gasteiger partial charge in [0, 0.05) is 16.2 Å². The Morgan fingerprint density at radius 2 is 2.05 bits per heavy atom. The molecule has 1 heterocycles. The Labute approximate surface area is 121 Å². The first-order valence-corrected chi connectivity index (χ1v) is 6.43. The van der Waals surface area contributed by atoms with Gasteiger partial charge >= 0.3 is 0 Å². The SMILES string of the molecule is C[C@H](Nc1ccc(C#N)cn1)c1ccc(Cl)cc1Cl. The van der Waals surface area contributed by atoms with E-state index in [2.05, 4.69) is 10.3 Å². The van der Waals surface area contributed by atoms with E-state index in [1.54, 1.807) is 24.3 Å². The van der Waals surface area contributed by atoms with Gasteiger partial charge in [0.05, 0.1) is 11.6 Å². The topological polar surface area (TPSA) is 48.7 Å². The van der Waals surface area contributed by atoms with Crippen molar-refractivity contribution in [3.8, 4) is 6.07 Å². The van der Waals surface area contributed by atoms with Crippen LogP contribution in [0.5, 0.6) is 0 Å². The van der Waals surface area contributed by atoms with Crippen LogP contribution in [0.2, 0.25) is 10.0 Å². The lowest BCUT2D eigenvalue weighted by atomic mass is 10.1. The average molecular weight is 292 g/mol. The van der Waals surface area contributed by atoms with E-state index in [9.17, 15) is 0 Å². The summed E-state index contributed by atoms with van der Waals surface area (Å²) in [7, 11) is 0. The number of aromatic nitrogens is 1. The summed E-state index contributed by atoms with van der Waals surface area (Å²) in [5.74, 6) is 0.692. The van der Waals surface area contributed by atoms with Gasteiger partial charge < -0.3 is 5.32 Å². The number of nitrogens with zero attached hydrogens (tertiary/aromatic N) is 2. The molecule has 19 heavy (non-hydrogen) atoms. The van der Waals surface area contributed by atoms with E-state index >= 15 is 0 Å². The highest BCUT2D eigenvalue weighted by Gasteiger charge is 2.10. The predicted molar refractivity (Wildman–Crippen MR) is 77.5 cm³/mol. The second kappa shape index (κ2) is 5.92. The molecule has 1 atom stereocenters. The van der Waals surface area contributed by atoms with Crippen molar-refractivity contribution in [2.75, 3.05) is 5.32 Å². The third-order valence-electron chi connectivity index (χ3n) is 2.69. The maximum atomic E-state index is 8.71. The Morgan fingerprint density at radius 3 is 2.63 bits per heavy atom. The molecule has 0 saturated carbocycles. The first-order chi connectivity index (χ1) is 9.10. The lowest BCUT2D eigenvalue weighted by Crippen LogP contribution is -2.08. The highest BCUT2D eigenvalue weighted by molar-refractivity contribution is 6.35. The highest BCUT2D eigenvalue weighted by atomic mass is 35.5. The third-order valence-corrected chi connectivity index (χ3v) is 3.25. The van der Waals surface area contributed by atoms with E-state index in [0.29, 0.717) is 21.4 Å². The molecule has 0 spiro atoms. The van der Waals surface area contributed by atoms with Gasteiger partial charge in [0.2, 0.25) is 0 Å². The maximum Gasteiger partial charge on any atom is 0.126 e. The minimum atomic E-state index is -0.00907. The molecule has 1 aromatic carbocycles. The number of rotatable bonds is 3. The largest absolute Gasteiger partial charge is 0.363 e. The second-order valence-corrected chi connectivity index (χ2v) is 4.92. The van der Waals surface area contributed by atoms with Crippen LogP contribution >= 0.6 is 23.2 Å². The van der Waals surface area contributed by atoms with Gasteiger partial charge in [-0.1, -0.05) is 29.3 Å². The first kappa shape index (κ1) is 13.7. The fourth-order valence-corrected chi connectivity index (χ4v) is 2.27. The van der Waals surface area contributed by atoms with E-state index < -0.39 is 0 Å². The zero-order valence-electron chi connectivity index (χ0n) is 10.2. The fraction of sp³-hybridized carbons (Fsp3) is 0.143. The molecular weight excluding hydrogens is 281 g/mol. The van der Waals surface area contributed by atoms with Crippen LogP contribution in [0.25, 0.3) is 0 Å². The summed E-state index contributed by atoms with van der Waals surface area (Å²) in [4.78, 5) is 4.16. The summed E-state index contributed by atoms with van der Waals surface area (Å²) in [6.45, 7) is 1.98. The van der Waals surface area contributed by atoms with Gasteiger partial charge in [0.25, 0.3) is 0 Å². The van der Waals surface area contributed by atoms with Crippen LogP contribution in [0.3, 0.4) is 0 Å². The summed E-state index contributed by atoms with van der Waals surface area (Å²) >= 11 is 12.0. The summed E-state index contributed by atoms with van der Waals surface area (Å²) < 4.78 is 0. The van der Waals surface area contributed by atoms with Crippen LogP contribution < -0.4 is 5.32 Å². The first-order valence-electron chi connectivity index (χ1n) is 5.68. The summed E-state index contributed by atoms with van der Waals surface area (Å²) in [5.41, 5.74) is 1.47.